The molecule has 0 atom stereocenters. The average molecular weight is 256 g/mol. The summed E-state index contributed by atoms with van der Waals surface area (Å²) in [4.78, 5) is 20.6. The molecule has 2 aromatic rings. The number of hydrogen-bond donors (Lipinski definition) is 0. The van der Waals surface area contributed by atoms with E-state index in [0.29, 0.717) is 11.3 Å². The quantitative estimate of drug-likeness (QED) is 0.792. The molecule has 0 aliphatic rings. The van der Waals surface area contributed by atoms with Crippen molar-refractivity contribution in [3.63, 3.8) is 0 Å². The zero-order chi connectivity index (χ0) is 14.0. The number of carbonyl (C=O) groups is 1. The molecule has 0 aliphatic carbocycles. The third-order valence-electron chi connectivity index (χ3n) is 3.00. The molecule has 1 heterocycles. The summed E-state index contributed by atoms with van der Waals surface area (Å²) >= 11 is 0. The zero-order valence-electron chi connectivity index (χ0n) is 11.5. The number of ether oxygens (including phenoxy) is 1. The van der Waals surface area contributed by atoms with Gasteiger partial charge in [0.2, 0.25) is 5.78 Å². The SMILES string of the molecule is COc1cc(C)c(C(=O)c2cnc(C)cn2)cc1C. The number of benzene rings is 1. The zero-order valence-corrected chi connectivity index (χ0v) is 11.5. The van der Waals surface area contributed by atoms with Crippen LogP contribution in [0, 0.1) is 20.8 Å². The van der Waals surface area contributed by atoms with Gasteiger partial charge in [-0.1, -0.05) is 0 Å². The van der Waals surface area contributed by atoms with Gasteiger partial charge in [-0.05, 0) is 44.0 Å². The van der Waals surface area contributed by atoms with Gasteiger partial charge in [0.05, 0.1) is 19.0 Å². The smallest absolute Gasteiger partial charge is 0.213 e. The Labute approximate surface area is 112 Å². The molecule has 98 valence electrons. The fourth-order valence-corrected chi connectivity index (χ4v) is 1.90. The van der Waals surface area contributed by atoms with Crippen molar-refractivity contribution >= 4 is 5.78 Å². The Bertz CT molecular complexity index is 619. The molecule has 0 spiro atoms. The van der Waals surface area contributed by atoms with Crippen LogP contribution in [-0.2, 0) is 0 Å². The lowest BCUT2D eigenvalue weighted by Gasteiger charge is -2.10. The van der Waals surface area contributed by atoms with Gasteiger partial charge in [-0.25, -0.2) is 4.98 Å². The van der Waals surface area contributed by atoms with E-state index in [2.05, 4.69) is 9.97 Å². The molecule has 4 nitrogen and oxygen atoms in total. The van der Waals surface area contributed by atoms with E-state index in [0.717, 1.165) is 22.6 Å². The van der Waals surface area contributed by atoms with Crippen LogP contribution < -0.4 is 4.74 Å². The maximum Gasteiger partial charge on any atom is 0.213 e. The van der Waals surface area contributed by atoms with Crippen LogP contribution in [0.4, 0.5) is 0 Å². The van der Waals surface area contributed by atoms with Crippen molar-refractivity contribution in [2.75, 3.05) is 7.11 Å². The van der Waals surface area contributed by atoms with Gasteiger partial charge in [0.15, 0.2) is 0 Å². The maximum absolute atomic E-state index is 12.4. The van der Waals surface area contributed by atoms with E-state index in [1.165, 1.54) is 6.20 Å². The highest BCUT2D eigenvalue weighted by atomic mass is 16.5. The molecule has 0 N–H and O–H groups in total. The lowest BCUT2D eigenvalue weighted by Crippen LogP contribution is -2.08. The Hall–Kier alpha value is -2.23. The molecule has 0 saturated heterocycles. The van der Waals surface area contributed by atoms with Crippen LogP contribution in [0.5, 0.6) is 5.75 Å². The predicted octanol–water partition coefficient (Wildman–Crippen LogP) is 2.64. The van der Waals surface area contributed by atoms with Crippen molar-refractivity contribution in [3.8, 4) is 5.75 Å². The molecule has 2 rings (SSSR count). The topological polar surface area (TPSA) is 52.1 Å². The van der Waals surface area contributed by atoms with Crippen molar-refractivity contribution in [1.82, 2.24) is 9.97 Å². The van der Waals surface area contributed by atoms with E-state index in [4.69, 9.17) is 4.74 Å². The fourth-order valence-electron chi connectivity index (χ4n) is 1.90. The molecule has 0 radical (unpaired) electrons. The Balaban J connectivity index is 2.44. The second kappa shape index (κ2) is 5.18. The van der Waals surface area contributed by atoms with Crippen LogP contribution in [0.25, 0.3) is 0 Å². The predicted molar refractivity (Wildman–Crippen MR) is 72.7 cm³/mol. The average Bonchev–Trinajstić information content (AvgIpc) is 2.41. The summed E-state index contributed by atoms with van der Waals surface area (Å²) in [6.07, 6.45) is 3.11. The molecule has 0 unspecified atom stereocenters. The molecule has 0 saturated carbocycles. The van der Waals surface area contributed by atoms with Crippen LogP contribution in [-0.4, -0.2) is 22.9 Å². The van der Waals surface area contributed by atoms with Crippen molar-refractivity contribution in [2.24, 2.45) is 0 Å². The van der Waals surface area contributed by atoms with Gasteiger partial charge < -0.3 is 4.74 Å². The summed E-state index contributed by atoms with van der Waals surface area (Å²) in [6, 6.07) is 3.70. The number of hydrogen-bond acceptors (Lipinski definition) is 4. The van der Waals surface area contributed by atoms with Gasteiger partial charge in [0.25, 0.3) is 0 Å². The molecule has 0 amide bonds. The van der Waals surface area contributed by atoms with E-state index in [9.17, 15) is 4.79 Å². The molecule has 19 heavy (non-hydrogen) atoms. The number of carbonyl (C=O) groups excluding carboxylic acids is 1. The van der Waals surface area contributed by atoms with Crippen LogP contribution in [0.2, 0.25) is 0 Å². The normalized spacial score (nSPS) is 10.3. The first-order valence-corrected chi connectivity index (χ1v) is 6.01. The summed E-state index contributed by atoms with van der Waals surface area (Å²) in [5, 5.41) is 0. The summed E-state index contributed by atoms with van der Waals surface area (Å²) in [7, 11) is 1.62. The fraction of sp³-hybridized carbons (Fsp3) is 0.267. The summed E-state index contributed by atoms with van der Waals surface area (Å²) < 4.78 is 5.24. The first-order chi connectivity index (χ1) is 9.02. The molecule has 0 bridgehead atoms. The van der Waals surface area contributed by atoms with E-state index < -0.39 is 0 Å². The van der Waals surface area contributed by atoms with Crippen LogP contribution in [0.1, 0.15) is 32.9 Å². The number of rotatable bonds is 3. The molecular weight excluding hydrogens is 240 g/mol. The minimum absolute atomic E-state index is 0.115. The largest absolute Gasteiger partial charge is 0.496 e. The number of methoxy groups -OCH3 is 1. The lowest BCUT2D eigenvalue weighted by molar-refractivity contribution is 0.103. The Kier molecular flexibility index (Phi) is 3.60. The van der Waals surface area contributed by atoms with Gasteiger partial charge >= 0.3 is 0 Å². The van der Waals surface area contributed by atoms with E-state index >= 15 is 0 Å². The molecule has 0 aliphatic heterocycles. The first kappa shape index (κ1) is 13.2. The number of aromatic nitrogens is 2. The minimum Gasteiger partial charge on any atom is -0.496 e. The highest BCUT2D eigenvalue weighted by molar-refractivity contribution is 6.08. The lowest BCUT2D eigenvalue weighted by atomic mass is 9.99. The van der Waals surface area contributed by atoms with Crippen molar-refractivity contribution in [3.05, 3.63) is 52.6 Å². The highest BCUT2D eigenvalue weighted by Gasteiger charge is 2.15. The Morgan fingerprint density at radius 3 is 2.37 bits per heavy atom. The van der Waals surface area contributed by atoms with Gasteiger partial charge in [0, 0.05) is 11.8 Å². The van der Waals surface area contributed by atoms with Crippen LogP contribution >= 0.6 is 0 Å². The monoisotopic (exact) mass is 256 g/mol. The first-order valence-electron chi connectivity index (χ1n) is 6.01. The van der Waals surface area contributed by atoms with E-state index in [1.807, 2.05) is 32.9 Å². The number of aryl methyl sites for hydroxylation is 3. The van der Waals surface area contributed by atoms with Crippen molar-refractivity contribution in [2.45, 2.75) is 20.8 Å². The number of ketones is 1. The molecule has 0 fully saturated rings. The third-order valence-corrected chi connectivity index (χ3v) is 3.00. The molecule has 1 aromatic heterocycles. The van der Waals surface area contributed by atoms with Gasteiger partial charge in [-0.15, -0.1) is 0 Å². The second-order valence-corrected chi connectivity index (χ2v) is 4.51. The summed E-state index contributed by atoms with van der Waals surface area (Å²) in [5.74, 6) is 0.666. The van der Waals surface area contributed by atoms with Crippen molar-refractivity contribution < 1.29 is 9.53 Å². The summed E-state index contributed by atoms with van der Waals surface area (Å²) in [6.45, 7) is 5.64. The molecule has 1 aromatic carbocycles. The van der Waals surface area contributed by atoms with Crippen LogP contribution in [0.3, 0.4) is 0 Å². The maximum atomic E-state index is 12.4. The van der Waals surface area contributed by atoms with Gasteiger partial charge in [-0.3, -0.25) is 9.78 Å². The van der Waals surface area contributed by atoms with Crippen LogP contribution in [0.15, 0.2) is 24.5 Å². The number of nitrogens with zero attached hydrogens (tertiary/aromatic N) is 2. The third kappa shape index (κ3) is 2.62. The molecular formula is C15H16N2O2. The Morgan fingerprint density at radius 1 is 1.05 bits per heavy atom. The standard InChI is InChI=1S/C15H16N2O2/c1-9-6-14(19-4)10(2)5-12(9)15(18)13-8-16-11(3)7-17-13/h5-8H,1-4H3. The Morgan fingerprint density at radius 2 is 1.79 bits per heavy atom. The second-order valence-electron chi connectivity index (χ2n) is 4.51. The van der Waals surface area contributed by atoms with E-state index in [-0.39, 0.29) is 5.78 Å². The highest BCUT2D eigenvalue weighted by Crippen LogP contribution is 2.23. The van der Waals surface area contributed by atoms with Gasteiger partial charge in [0.1, 0.15) is 11.4 Å². The molecule has 4 heteroatoms. The van der Waals surface area contributed by atoms with E-state index in [1.54, 1.807) is 13.3 Å². The van der Waals surface area contributed by atoms with Crippen molar-refractivity contribution in [1.29, 1.82) is 0 Å². The summed E-state index contributed by atoms with van der Waals surface area (Å²) in [5.41, 5.74) is 3.58. The minimum atomic E-state index is -0.115. The van der Waals surface area contributed by atoms with Gasteiger partial charge in [-0.2, -0.15) is 0 Å².